The molecule has 0 fully saturated rings. The Kier molecular flexibility index (Phi) is 6.45. The van der Waals surface area contributed by atoms with Crippen molar-refractivity contribution in [2.75, 3.05) is 32.5 Å². The third-order valence-corrected chi connectivity index (χ3v) is 6.40. The second-order valence-corrected chi connectivity index (χ2v) is 9.22. The van der Waals surface area contributed by atoms with Gasteiger partial charge in [0, 0.05) is 30.9 Å². The molecule has 3 aromatic carbocycles. The fourth-order valence-corrected chi connectivity index (χ4v) is 4.38. The molecule has 188 valence electrons. The number of carbonyl (C=O) groups is 3. The van der Waals surface area contributed by atoms with Crippen LogP contribution in [0.25, 0.3) is 11.1 Å². The van der Waals surface area contributed by atoms with Crippen molar-refractivity contribution < 1.29 is 18.8 Å². The lowest BCUT2D eigenvalue weighted by atomic mass is 10.1. The zero-order valence-corrected chi connectivity index (χ0v) is 20.6. The Labute approximate surface area is 212 Å². The minimum atomic E-state index is -0.459. The maximum atomic E-state index is 13.0. The molecule has 0 saturated heterocycles. The van der Waals surface area contributed by atoms with E-state index in [0.717, 1.165) is 5.56 Å². The molecule has 9 heteroatoms. The van der Waals surface area contributed by atoms with Crippen LogP contribution in [0.2, 0.25) is 0 Å². The number of rotatable bonds is 8. The molecule has 5 rings (SSSR count). The highest BCUT2D eigenvalue weighted by Gasteiger charge is 2.35. The summed E-state index contributed by atoms with van der Waals surface area (Å²) in [5.41, 5.74) is 3.27. The maximum Gasteiger partial charge on any atom is 0.419 e. The summed E-state index contributed by atoms with van der Waals surface area (Å²) < 4.78 is 6.83. The van der Waals surface area contributed by atoms with E-state index >= 15 is 0 Å². The van der Waals surface area contributed by atoms with E-state index in [-0.39, 0.29) is 23.6 Å². The summed E-state index contributed by atoms with van der Waals surface area (Å²) >= 11 is 0. The number of nitrogens with one attached hydrogen (secondary N) is 1. The van der Waals surface area contributed by atoms with Gasteiger partial charge in [-0.15, -0.1) is 0 Å². The first kappa shape index (κ1) is 24.2. The summed E-state index contributed by atoms with van der Waals surface area (Å²) in [6.45, 7) is 1.35. The van der Waals surface area contributed by atoms with Gasteiger partial charge in [0.25, 0.3) is 17.7 Å². The number of fused-ring (bicyclic) bond motifs is 2. The number of nitrogens with zero attached hydrogens (tertiary/aromatic N) is 3. The number of hydrogen-bond donors (Lipinski definition) is 1. The Morgan fingerprint density at radius 3 is 2.41 bits per heavy atom. The predicted molar refractivity (Wildman–Crippen MR) is 139 cm³/mol. The highest BCUT2D eigenvalue weighted by molar-refractivity contribution is 6.22. The predicted octanol–water partition coefficient (Wildman–Crippen LogP) is 3.25. The number of likely N-dealkylation sites (N-methyl/N-ethyl adjacent to an activating group) is 1. The van der Waals surface area contributed by atoms with Crippen molar-refractivity contribution in [2.45, 2.75) is 13.0 Å². The molecule has 1 aliphatic heterocycles. The molecule has 2 heterocycles. The summed E-state index contributed by atoms with van der Waals surface area (Å²) in [5, 5.41) is 2.81. The molecule has 9 nitrogen and oxygen atoms in total. The van der Waals surface area contributed by atoms with E-state index in [1.54, 1.807) is 18.2 Å². The lowest BCUT2D eigenvalue weighted by Crippen LogP contribution is -2.31. The van der Waals surface area contributed by atoms with E-state index in [0.29, 0.717) is 41.9 Å². The molecule has 0 unspecified atom stereocenters. The van der Waals surface area contributed by atoms with Crippen molar-refractivity contribution in [1.82, 2.24) is 14.4 Å². The number of imide groups is 1. The van der Waals surface area contributed by atoms with Crippen LogP contribution in [0.3, 0.4) is 0 Å². The molecule has 3 amide bonds. The van der Waals surface area contributed by atoms with Crippen LogP contribution in [-0.2, 0) is 13.0 Å². The lowest BCUT2D eigenvalue weighted by Gasteiger charge is -2.13. The van der Waals surface area contributed by atoms with Gasteiger partial charge < -0.3 is 14.6 Å². The average molecular weight is 499 g/mol. The van der Waals surface area contributed by atoms with Gasteiger partial charge in [-0.05, 0) is 62.5 Å². The zero-order chi connectivity index (χ0) is 26.1. The summed E-state index contributed by atoms with van der Waals surface area (Å²) in [4.78, 5) is 54.3. The number of oxazole rings is 1. The fraction of sp³-hybridized carbons (Fsp3) is 0.214. The molecule has 0 bridgehead atoms. The normalized spacial score (nSPS) is 13.0. The molecule has 0 spiro atoms. The van der Waals surface area contributed by atoms with Crippen molar-refractivity contribution in [3.8, 4) is 0 Å². The van der Waals surface area contributed by atoms with Crippen molar-refractivity contribution in [2.24, 2.45) is 0 Å². The van der Waals surface area contributed by atoms with E-state index in [2.05, 4.69) is 5.32 Å². The van der Waals surface area contributed by atoms with Gasteiger partial charge in [-0.1, -0.05) is 30.3 Å². The van der Waals surface area contributed by atoms with Gasteiger partial charge in [0.05, 0.1) is 16.6 Å². The monoisotopic (exact) mass is 498 g/mol. The summed E-state index contributed by atoms with van der Waals surface area (Å²) in [5.74, 6) is -1.66. The fourth-order valence-electron chi connectivity index (χ4n) is 4.38. The number of aromatic nitrogens is 1. The van der Waals surface area contributed by atoms with Crippen molar-refractivity contribution in [1.29, 1.82) is 0 Å². The molecule has 0 saturated carbocycles. The first-order chi connectivity index (χ1) is 17.8. The van der Waals surface area contributed by atoms with Gasteiger partial charge in [-0.25, -0.2) is 4.79 Å². The third-order valence-electron chi connectivity index (χ3n) is 6.40. The topological polar surface area (TPSA) is 105 Å². The average Bonchev–Trinajstić information content (AvgIpc) is 3.33. The standard InChI is InChI=1S/C28H26N4O5/c1-30(2)14-15-31-23-17-20(9-11-24(23)37-28(31)36)29-25(33)19-8-10-21-22(16-19)27(35)32(26(21)34)13-12-18-6-4-3-5-7-18/h3-11,16-17H,12-15H2,1-2H3,(H,29,33). The van der Waals surface area contributed by atoms with Crippen LogP contribution in [0.5, 0.6) is 0 Å². The molecule has 1 aliphatic rings. The molecule has 37 heavy (non-hydrogen) atoms. The van der Waals surface area contributed by atoms with Crippen molar-refractivity contribution in [3.05, 3.63) is 99.5 Å². The number of benzene rings is 3. The zero-order valence-electron chi connectivity index (χ0n) is 20.6. The van der Waals surface area contributed by atoms with Crippen LogP contribution >= 0.6 is 0 Å². The van der Waals surface area contributed by atoms with E-state index in [1.807, 2.05) is 49.3 Å². The summed E-state index contributed by atoms with van der Waals surface area (Å²) in [6.07, 6.45) is 0.551. The van der Waals surface area contributed by atoms with Crippen LogP contribution in [0.4, 0.5) is 5.69 Å². The molecule has 0 aliphatic carbocycles. The van der Waals surface area contributed by atoms with Crippen LogP contribution in [0, 0.1) is 0 Å². The number of hydrogen-bond acceptors (Lipinski definition) is 6. The molecular formula is C28H26N4O5. The quantitative estimate of drug-likeness (QED) is 0.374. The molecular weight excluding hydrogens is 472 g/mol. The minimum Gasteiger partial charge on any atom is -0.408 e. The van der Waals surface area contributed by atoms with Crippen molar-refractivity contribution >= 4 is 34.5 Å². The molecule has 1 aromatic heterocycles. The van der Waals surface area contributed by atoms with Crippen LogP contribution < -0.4 is 11.1 Å². The second kappa shape index (κ2) is 9.87. The van der Waals surface area contributed by atoms with Gasteiger partial charge in [-0.3, -0.25) is 23.9 Å². The Morgan fingerprint density at radius 1 is 0.892 bits per heavy atom. The smallest absolute Gasteiger partial charge is 0.408 e. The van der Waals surface area contributed by atoms with E-state index in [1.165, 1.54) is 27.7 Å². The van der Waals surface area contributed by atoms with E-state index in [9.17, 15) is 19.2 Å². The van der Waals surface area contributed by atoms with Crippen LogP contribution in [-0.4, -0.2) is 59.3 Å². The van der Waals surface area contributed by atoms with E-state index < -0.39 is 17.6 Å². The van der Waals surface area contributed by atoms with Gasteiger partial charge >= 0.3 is 5.76 Å². The van der Waals surface area contributed by atoms with E-state index in [4.69, 9.17) is 4.42 Å². The number of amides is 3. The van der Waals surface area contributed by atoms with Crippen LogP contribution in [0.15, 0.2) is 75.9 Å². The molecule has 4 aromatic rings. The highest BCUT2D eigenvalue weighted by Crippen LogP contribution is 2.25. The molecule has 0 atom stereocenters. The number of anilines is 1. The Hall–Kier alpha value is -4.50. The highest BCUT2D eigenvalue weighted by atomic mass is 16.4. The van der Waals surface area contributed by atoms with Gasteiger partial charge in [0.15, 0.2) is 5.58 Å². The minimum absolute atomic E-state index is 0.216. The van der Waals surface area contributed by atoms with Gasteiger partial charge in [0.1, 0.15) is 0 Å². The Morgan fingerprint density at radius 2 is 1.65 bits per heavy atom. The van der Waals surface area contributed by atoms with Crippen molar-refractivity contribution in [3.63, 3.8) is 0 Å². The second-order valence-electron chi connectivity index (χ2n) is 9.22. The first-order valence-electron chi connectivity index (χ1n) is 12.0. The first-order valence-corrected chi connectivity index (χ1v) is 12.0. The number of carbonyl (C=O) groups excluding carboxylic acids is 3. The largest absolute Gasteiger partial charge is 0.419 e. The molecule has 0 radical (unpaired) electrons. The maximum absolute atomic E-state index is 13.0. The Balaban J connectivity index is 1.33. The summed E-state index contributed by atoms with van der Waals surface area (Å²) in [6, 6.07) is 19.1. The Bertz CT molecular complexity index is 1570. The van der Waals surface area contributed by atoms with Gasteiger partial charge in [0.2, 0.25) is 0 Å². The lowest BCUT2D eigenvalue weighted by molar-refractivity contribution is 0.0656. The summed E-state index contributed by atoms with van der Waals surface area (Å²) in [7, 11) is 3.83. The molecule has 1 N–H and O–H groups in total. The SMILES string of the molecule is CN(C)CCn1c(=O)oc2ccc(NC(=O)c3ccc4c(c3)C(=O)N(CCc3ccccc3)C4=O)cc21. The third kappa shape index (κ3) is 4.81. The van der Waals surface area contributed by atoms with Crippen LogP contribution in [0.1, 0.15) is 36.6 Å². The van der Waals surface area contributed by atoms with Gasteiger partial charge in [-0.2, -0.15) is 0 Å².